The lowest BCUT2D eigenvalue weighted by Gasteiger charge is -2.29. The van der Waals surface area contributed by atoms with Crippen molar-refractivity contribution >= 4 is 30.9 Å². The standard InChI is InChI=1S/C18H27N2O2S.C14H25N2O2S.2C2H6/c1-13(2)19-12-8-10-16-9-7-11-17(18(16)19)23(21,22)20(14(3)4)15(5)6;1-11(2)15-10-8-7-9-14(15)19(17,18)16(12(3)4)13(5)6;2*1-2/h7-15H,1-6H3;7-13H,1-6H3;2*1-2H3/q2*+1;;. The predicted molar refractivity (Wildman–Crippen MR) is 193 cm³/mol. The molecular weight excluding hydrogens is 617 g/mol. The van der Waals surface area contributed by atoms with Gasteiger partial charge in [-0.15, -0.1) is 0 Å². The number of rotatable bonds is 10. The lowest BCUT2D eigenvalue weighted by molar-refractivity contribution is -0.752. The molecule has 262 valence electrons. The summed E-state index contributed by atoms with van der Waals surface area (Å²) in [7, 11) is -7.05. The second-order valence-electron chi connectivity index (χ2n) is 12.3. The molecule has 3 aromatic rings. The van der Waals surface area contributed by atoms with Crippen molar-refractivity contribution in [2.45, 2.75) is 157 Å². The van der Waals surface area contributed by atoms with E-state index in [9.17, 15) is 16.8 Å². The molecule has 2 aromatic heterocycles. The molecular formula is C36H64N4O4S2+2. The number of fused-ring (bicyclic) bond motifs is 1. The van der Waals surface area contributed by atoms with E-state index in [1.807, 2.05) is 144 Å². The van der Waals surface area contributed by atoms with Crippen LogP contribution in [0, 0.1) is 0 Å². The number of benzene rings is 1. The van der Waals surface area contributed by atoms with Gasteiger partial charge in [-0.1, -0.05) is 33.8 Å². The highest BCUT2D eigenvalue weighted by Crippen LogP contribution is 2.27. The minimum absolute atomic E-state index is 0.0641. The van der Waals surface area contributed by atoms with Crippen LogP contribution in [0.1, 0.15) is 123 Å². The summed E-state index contributed by atoms with van der Waals surface area (Å²) in [6.07, 6.45) is 3.76. The van der Waals surface area contributed by atoms with Gasteiger partial charge < -0.3 is 0 Å². The number of nitrogens with zero attached hydrogens (tertiary/aromatic N) is 4. The Morgan fingerprint density at radius 3 is 1.35 bits per heavy atom. The van der Waals surface area contributed by atoms with E-state index in [0.29, 0.717) is 9.92 Å². The van der Waals surface area contributed by atoms with Crippen LogP contribution in [0.5, 0.6) is 0 Å². The summed E-state index contributed by atoms with van der Waals surface area (Å²) in [5.41, 5.74) is 0.774. The van der Waals surface area contributed by atoms with Crippen LogP contribution in [0.4, 0.5) is 0 Å². The van der Waals surface area contributed by atoms with Crippen LogP contribution in [0.25, 0.3) is 10.9 Å². The van der Waals surface area contributed by atoms with Gasteiger partial charge in [0.15, 0.2) is 29.4 Å². The van der Waals surface area contributed by atoms with Crippen molar-refractivity contribution in [3.63, 3.8) is 0 Å². The molecule has 0 aliphatic carbocycles. The number of aromatic nitrogens is 2. The average Bonchev–Trinajstić information content (AvgIpc) is 2.97. The number of para-hydroxylation sites is 1. The monoisotopic (exact) mass is 680 g/mol. The Kier molecular flexibility index (Phi) is 18.4. The van der Waals surface area contributed by atoms with Gasteiger partial charge in [-0.25, -0.2) is 16.8 Å². The van der Waals surface area contributed by atoms with Crippen LogP contribution in [0.3, 0.4) is 0 Å². The third-order valence-electron chi connectivity index (χ3n) is 6.91. The van der Waals surface area contributed by atoms with Crippen molar-refractivity contribution in [3.8, 4) is 0 Å². The number of pyridine rings is 2. The molecule has 0 radical (unpaired) electrons. The molecule has 0 saturated heterocycles. The first-order chi connectivity index (χ1) is 21.4. The minimum atomic E-state index is -3.57. The lowest BCUT2D eigenvalue weighted by Crippen LogP contribution is -2.49. The second-order valence-corrected chi connectivity index (χ2v) is 15.9. The molecule has 0 aliphatic heterocycles. The fraction of sp³-hybridized carbons (Fsp3) is 0.611. The molecule has 0 atom stereocenters. The van der Waals surface area contributed by atoms with Crippen LogP contribution in [0.2, 0.25) is 0 Å². The fourth-order valence-corrected chi connectivity index (χ4v) is 9.68. The molecule has 10 heteroatoms. The van der Waals surface area contributed by atoms with Crippen LogP contribution < -0.4 is 9.13 Å². The molecule has 1 aromatic carbocycles. The van der Waals surface area contributed by atoms with E-state index in [0.717, 1.165) is 10.9 Å². The molecule has 0 unspecified atom stereocenters. The summed E-state index contributed by atoms with van der Waals surface area (Å²) in [6.45, 7) is 31.4. The Labute approximate surface area is 282 Å². The maximum Gasteiger partial charge on any atom is 0.312 e. The van der Waals surface area contributed by atoms with Crippen LogP contribution in [0.15, 0.2) is 70.8 Å². The van der Waals surface area contributed by atoms with Crippen molar-refractivity contribution in [3.05, 3.63) is 60.9 Å². The van der Waals surface area contributed by atoms with E-state index in [4.69, 9.17) is 0 Å². The lowest BCUT2D eigenvalue weighted by atomic mass is 10.2. The minimum Gasteiger partial charge on any atom is -0.207 e. The topological polar surface area (TPSA) is 82.5 Å². The van der Waals surface area contributed by atoms with Crippen molar-refractivity contribution in [2.75, 3.05) is 0 Å². The molecule has 0 bridgehead atoms. The molecule has 3 rings (SSSR count). The van der Waals surface area contributed by atoms with Gasteiger partial charge in [0.25, 0.3) is 0 Å². The van der Waals surface area contributed by atoms with Crippen molar-refractivity contribution in [2.24, 2.45) is 0 Å². The van der Waals surface area contributed by atoms with Gasteiger partial charge in [-0.2, -0.15) is 17.7 Å². The summed E-state index contributed by atoms with van der Waals surface area (Å²) in [5, 5.41) is 1.29. The second kappa shape index (κ2) is 19.4. The maximum atomic E-state index is 13.3. The van der Waals surface area contributed by atoms with E-state index in [1.54, 1.807) is 31.4 Å². The first kappa shape index (κ1) is 43.6. The summed E-state index contributed by atoms with van der Waals surface area (Å²) in [6, 6.07) is 14.7. The van der Waals surface area contributed by atoms with Gasteiger partial charge in [0.05, 0.1) is 0 Å². The van der Waals surface area contributed by atoms with E-state index >= 15 is 0 Å². The predicted octanol–water partition coefficient (Wildman–Crippen LogP) is 7.93. The molecule has 0 amide bonds. The first-order valence-electron chi connectivity index (χ1n) is 16.9. The summed E-state index contributed by atoms with van der Waals surface area (Å²) in [4.78, 5) is 0.381. The Hall–Kier alpha value is -2.40. The Bertz CT molecular complexity index is 1530. The number of hydrogen-bond donors (Lipinski definition) is 0. The largest absolute Gasteiger partial charge is 0.312 e. The third kappa shape index (κ3) is 10.6. The molecule has 0 N–H and O–H groups in total. The molecule has 46 heavy (non-hydrogen) atoms. The van der Waals surface area contributed by atoms with Gasteiger partial charge in [-0.05, 0) is 107 Å². The van der Waals surface area contributed by atoms with E-state index in [2.05, 4.69) is 13.8 Å². The smallest absolute Gasteiger partial charge is 0.207 e. The summed E-state index contributed by atoms with van der Waals surface area (Å²) in [5.74, 6) is 0. The van der Waals surface area contributed by atoms with E-state index in [1.165, 1.54) is 0 Å². The van der Waals surface area contributed by atoms with Crippen LogP contribution >= 0.6 is 0 Å². The quantitative estimate of drug-likeness (QED) is 0.204. The SMILES string of the molecule is CC.CC.CC(C)N(C(C)C)S(=O)(=O)c1cccc2ccc[n+](C(C)C)c12.CC(C)N(C(C)C)S(=O)(=O)c1cccc[n+]1C(C)C. The van der Waals surface area contributed by atoms with E-state index < -0.39 is 20.0 Å². The highest BCUT2D eigenvalue weighted by molar-refractivity contribution is 7.89. The first-order valence-corrected chi connectivity index (χ1v) is 19.7. The number of hydrogen-bond acceptors (Lipinski definition) is 4. The molecule has 0 saturated carbocycles. The fourth-order valence-electron chi connectivity index (χ4n) is 5.51. The van der Waals surface area contributed by atoms with Crippen molar-refractivity contribution < 1.29 is 26.0 Å². The van der Waals surface area contributed by atoms with Gasteiger partial charge in [0.1, 0.15) is 0 Å². The summed E-state index contributed by atoms with van der Waals surface area (Å²) < 4.78 is 59.3. The third-order valence-corrected chi connectivity index (χ3v) is 11.5. The Morgan fingerprint density at radius 1 is 0.500 bits per heavy atom. The number of sulfonamides is 2. The normalized spacial score (nSPS) is 12.1. The highest BCUT2D eigenvalue weighted by Gasteiger charge is 2.37. The Morgan fingerprint density at radius 2 is 0.913 bits per heavy atom. The zero-order chi connectivity index (χ0) is 36.2. The Balaban J connectivity index is 0.000000807. The molecule has 0 aliphatic rings. The molecule has 0 spiro atoms. The maximum absolute atomic E-state index is 13.3. The van der Waals surface area contributed by atoms with Gasteiger partial charge in [-0.3, -0.25) is 0 Å². The van der Waals surface area contributed by atoms with E-state index in [-0.39, 0.29) is 36.3 Å². The van der Waals surface area contributed by atoms with Crippen molar-refractivity contribution in [1.82, 2.24) is 8.61 Å². The van der Waals surface area contributed by atoms with Gasteiger partial charge in [0, 0.05) is 47.8 Å². The van der Waals surface area contributed by atoms with Gasteiger partial charge >= 0.3 is 15.0 Å². The van der Waals surface area contributed by atoms with Gasteiger partial charge in [0.2, 0.25) is 15.5 Å². The van der Waals surface area contributed by atoms with Crippen LogP contribution in [-0.2, 0) is 20.0 Å². The molecule has 2 heterocycles. The zero-order valence-electron chi connectivity index (χ0n) is 31.5. The highest BCUT2D eigenvalue weighted by atomic mass is 32.2. The molecule has 0 fully saturated rings. The zero-order valence-corrected chi connectivity index (χ0v) is 33.1. The van der Waals surface area contributed by atoms with Crippen LogP contribution in [-0.4, -0.2) is 49.6 Å². The summed E-state index contributed by atoms with van der Waals surface area (Å²) >= 11 is 0. The van der Waals surface area contributed by atoms with Crippen molar-refractivity contribution in [1.29, 1.82) is 0 Å². The average molecular weight is 681 g/mol. The molecule has 8 nitrogen and oxygen atoms in total.